The number of esters is 1. The number of Topliss-reactive ketones (excluding diaryl/α,β-unsaturated/α-hetero) is 1. The van der Waals surface area contributed by atoms with Crippen LogP contribution in [0.5, 0.6) is 0 Å². The van der Waals surface area contributed by atoms with Gasteiger partial charge in [-0.05, 0) is 37.5 Å². The van der Waals surface area contributed by atoms with Gasteiger partial charge in [-0.3, -0.25) is 4.79 Å². The maximum Gasteiger partial charge on any atom is 0.338 e. The molecule has 0 radical (unpaired) electrons. The third kappa shape index (κ3) is 2.97. The van der Waals surface area contributed by atoms with Crippen LogP contribution in [-0.2, 0) is 14.3 Å². The van der Waals surface area contributed by atoms with Gasteiger partial charge in [0, 0.05) is 29.6 Å². The molecule has 1 heterocycles. The molecule has 1 saturated heterocycles. The van der Waals surface area contributed by atoms with Gasteiger partial charge >= 0.3 is 5.97 Å². The van der Waals surface area contributed by atoms with Gasteiger partial charge in [-0.25, -0.2) is 4.79 Å². The van der Waals surface area contributed by atoms with Crippen molar-refractivity contribution in [3.63, 3.8) is 0 Å². The van der Waals surface area contributed by atoms with Gasteiger partial charge in [-0.2, -0.15) is 0 Å². The van der Waals surface area contributed by atoms with E-state index in [4.69, 9.17) is 9.47 Å². The van der Waals surface area contributed by atoms with Crippen LogP contribution in [-0.4, -0.2) is 63.2 Å². The fraction of sp³-hybridized carbons (Fsp3) is 0.630. The SMILES string of the molecule is CC1=C2CC(=O)[C@]3(C)CCC4OC[C@@]4(O)C3C(OC(=O)c3ccccc3)C(O)(CC1O)C2(C)C. The van der Waals surface area contributed by atoms with Gasteiger partial charge in [0.15, 0.2) is 0 Å². The van der Waals surface area contributed by atoms with Crippen LogP contribution < -0.4 is 0 Å². The largest absolute Gasteiger partial charge is 0.455 e. The normalized spacial score (nSPS) is 43.1. The van der Waals surface area contributed by atoms with Gasteiger partial charge in [-0.1, -0.05) is 44.5 Å². The Hall–Kier alpha value is -2.06. The van der Waals surface area contributed by atoms with Gasteiger partial charge in [-0.15, -0.1) is 0 Å². The first-order valence-corrected chi connectivity index (χ1v) is 12.1. The Kier molecular flexibility index (Phi) is 5.20. The minimum atomic E-state index is -1.72. The van der Waals surface area contributed by atoms with Crippen LogP contribution in [0.3, 0.4) is 0 Å². The topological polar surface area (TPSA) is 113 Å². The lowest BCUT2D eigenvalue weighted by Gasteiger charge is -2.65. The fourth-order valence-electron chi connectivity index (χ4n) is 7.09. The third-order valence-corrected chi connectivity index (χ3v) is 9.53. The number of benzene rings is 1. The van der Waals surface area contributed by atoms with E-state index in [2.05, 4.69) is 0 Å². The van der Waals surface area contributed by atoms with Gasteiger partial charge in [0.2, 0.25) is 0 Å². The molecule has 1 aromatic carbocycles. The van der Waals surface area contributed by atoms with Crippen molar-refractivity contribution in [3.8, 4) is 0 Å². The van der Waals surface area contributed by atoms with E-state index < -0.39 is 52.2 Å². The number of carbonyl (C=O) groups is 2. The molecule has 3 N–H and O–H groups in total. The van der Waals surface area contributed by atoms with E-state index in [0.717, 1.165) is 0 Å². The summed E-state index contributed by atoms with van der Waals surface area (Å²) in [5, 5.41) is 35.2. The van der Waals surface area contributed by atoms with E-state index in [1.807, 2.05) is 20.8 Å². The first kappa shape index (κ1) is 23.7. The Morgan fingerprint density at radius 1 is 1.15 bits per heavy atom. The molecule has 184 valence electrons. The summed E-state index contributed by atoms with van der Waals surface area (Å²) in [5.41, 5.74) is -3.49. The molecule has 0 spiro atoms. The number of aliphatic hydroxyl groups is 3. The fourth-order valence-corrected chi connectivity index (χ4v) is 7.09. The van der Waals surface area contributed by atoms with Crippen LogP contribution >= 0.6 is 0 Å². The Morgan fingerprint density at radius 3 is 2.44 bits per heavy atom. The molecule has 0 aromatic heterocycles. The van der Waals surface area contributed by atoms with Crippen molar-refractivity contribution in [2.24, 2.45) is 16.7 Å². The first-order valence-electron chi connectivity index (χ1n) is 12.1. The van der Waals surface area contributed by atoms with Gasteiger partial charge in [0.25, 0.3) is 0 Å². The van der Waals surface area contributed by atoms with Crippen molar-refractivity contribution in [1.29, 1.82) is 0 Å². The summed E-state index contributed by atoms with van der Waals surface area (Å²) in [4.78, 5) is 27.2. The number of aliphatic hydroxyl groups excluding tert-OH is 1. The molecule has 1 aliphatic heterocycles. The number of fused-ring (bicyclic) bond motifs is 5. The second-order valence-electron chi connectivity index (χ2n) is 11.4. The monoisotopic (exact) mass is 470 g/mol. The third-order valence-electron chi connectivity index (χ3n) is 9.53. The zero-order valence-electron chi connectivity index (χ0n) is 20.2. The molecule has 3 aliphatic carbocycles. The van der Waals surface area contributed by atoms with Crippen LogP contribution in [0, 0.1) is 16.7 Å². The average Bonchev–Trinajstić information content (AvgIpc) is 2.78. The highest BCUT2D eigenvalue weighted by atomic mass is 16.6. The molecular weight excluding hydrogens is 436 g/mol. The molecule has 7 heteroatoms. The quantitative estimate of drug-likeness (QED) is 0.450. The smallest absolute Gasteiger partial charge is 0.338 e. The summed E-state index contributed by atoms with van der Waals surface area (Å²) in [7, 11) is 0. The number of rotatable bonds is 2. The van der Waals surface area contributed by atoms with Crippen LogP contribution in [0.1, 0.15) is 63.7 Å². The molecule has 34 heavy (non-hydrogen) atoms. The Labute approximate surface area is 199 Å². The number of hydrogen-bond donors (Lipinski definition) is 3. The zero-order valence-corrected chi connectivity index (χ0v) is 20.2. The molecule has 2 bridgehead atoms. The van der Waals surface area contributed by atoms with E-state index in [-0.39, 0.29) is 25.2 Å². The van der Waals surface area contributed by atoms with Crippen LogP contribution in [0.15, 0.2) is 41.5 Å². The molecule has 7 nitrogen and oxygen atoms in total. The minimum absolute atomic E-state index is 0.00533. The molecule has 5 unspecified atom stereocenters. The van der Waals surface area contributed by atoms with Crippen molar-refractivity contribution in [2.45, 2.75) is 82.9 Å². The van der Waals surface area contributed by atoms with E-state index in [9.17, 15) is 24.9 Å². The van der Waals surface area contributed by atoms with E-state index in [1.165, 1.54) is 0 Å². The van der Waals surface area contributed by atoms with Crippen LogP contribution in [0.25, 0.3) is 0 Å². The second kappa shape index (κ2) is 7.47. The van der Waals surface area contributed by atoms with Gasteiger partial charge in [0.05, 0.1) is 24.4 Å². The average molecular weight is 471 g/mol. The lowest BCUT2D eigenvalue weighted by molar-refractivity contribution is -0.328. The molecule has 1 aromatic rings. The van der Waals surface area contributed by atoms with E-state index in [1.54, 1.807) is 37.3 Å². The summed E-state index contributed by atoms with van der Waals surface area (Å²) in [5.74, 6) is -1.60. The predicted molar refractivity (Wildman–Crippen MR) is 123 cm³/mol. The number of hydrogen-bond acceptors (Lipinski definition) is 7. The predicted octanol–water partition coefficient (Wildman–Crippen LogP) is 2.57. The minimum Gasteiger partial charge on any atom is -0.455 e. The second-order valence-corrected chi connectivity index (χ2v) is 11.4. The standard InChI is InChI=1S/C27H34O7/c1-15-17-12-19(29)25(4)11-10-20-26(31,14-33-20)21(25)22(27(32,13-18(15)28)24(17,2)3)34-23(30)16-8-6-5-7-9-16/h5-9,18,20-22,28,31-32H,10-14H2,1-4H3/t18?,20?,21?,22?,25-,26-,27?/m0/s1. The Morgan fingerprint density at radius 2 is 1.82 bits per heavy atom. The molecule has 5 rings (SSSR count). The van der Waals surface area contributed by atoms with Crippen LogP contribution in [0.2, 0.25) is 0 Å². The Balaban J connectivity index is 1.72. The Bertz CT molecular complexity index is 1060. The number of ketones is 1. The zero-order chi connectivity index (χ0) is 24.7. The van der Waals surface area contributed by atoms with Crippen molar-refractivity contribution in [1.82, 2.24) is 0 Å². The lowest BCUT2D eigenvalue weighted by Crippen LogP contribution is -2.77. The highest BCUT2D eigenvalue weighted by molar-refractivity contribution is 5.90. The lowest BCUT2D eigenvalue weighted by atomic mass is 9.46. The van der Waals surface area contributed by atoms with Gasteiger partial charge in [0.1, 0.15) is 23.1 Å². The first-order chi connectivity index (χ1) is 15.9. The van der Waals surface area contributed by atoms with Crippen molar-refractivity contribution >= 4 is 11.8 Å². The molecule has 0 amide bonds. The van der Waals surface area contributed by atoms with Crippen LogP contribution in [0.4, 0.5) is 0 Å². The van der Waals surface area contributed by atoms with Gasteiger partial charge < -0.3 is 24.8 Å². The summed E-state index contributed by atoms with van der Waals surface area (Å²) < 4.78 is 11.8. The van der Waals surface area contributed by atoms with E-state index >= 15 is 0 Å². The molecule has 2 saturated carbocycles. The molecule has 7 atom stereocenters. The summed E-state index contributed by atoms with van der Waals surface area (Å²) in [6.07, 6.45) is -1.75. The molecule has 3 fully saturated rings. The maximum atomic E-state index is 13.9. The summed E-state index contributed by atoms with van der Waals surface area (Å²) >= 11 is 0. The number of ether oxygens (including phenoxy) is 2. The summed E-state index contributed by atoms with van der Waals surface area (Å²) in [6.45, 7) is 7.29. The van der Waals surface area contributed by atoms with E-state index in [0.29, 0.717) is 29.6 Å². The van der Waals surface area contributed by atoms with Crippen molar-refractivity contribution < 1.29 is 34.4 Å². The number of carbonyl (C=O) groups excluding carboxylic acids is 2. The van der Waals surface area contributed by atoms with Crippen molar-refractivity contribution in [2.75, 3.05) is 6.61 Å². The molecular formula is C27H34O7. The summed E-state index contributed by atoms with van der Waals surface area (Å²) in [6, 6.07) is 8.48. The highest BCUT2D eigenvalue weighted by Gasteiger charge is 2.72. The van der Waals surface area contributed by atoms with Crippen molar-refractivity contribution in [3.05, 3.63) is 47.0 Å². The highest BCUT2D eigenvalue weighted by Crippen LogP contribution is 2.62. The molecule has 4 aliphatic rings. The maximum absolute atomic E-state index is 13.9.